The van der Waals surface area contributed by atoms with Gasteiger partial charge in [-0.1, -0.05) is 56.0 Å². The van der Waals surface area contributed by atoms with Crippen LogP contribution in [0.5, 0.6) is 0 Å². The third kappa shape index (κ3) is 3.52. The van der Waals surface area contributed by atoms with Crippen molar-refractivity contribution >= 4 is 15.9 Å². The lowest BCUT2D eigenvalue weighted by Gasteiger charge is -2.43. The van der Waals surface area contributed by atoms with E-state index in [-0.39, 0.29) is 0 Å². The smallest absolute Gasteiger partial charge is 0.0687 e. The minimum Gasteiger partial charge on any atom is -0.372 e. The van der Waals surface area contributed by atoms with E-state index in [0.29, 0.717) is 21.9 Å². The van der Waals surface area contributed by atoms with Crippen LogP contribution in [0.25, 0.3) is 0 Å². The summed E-state index contributed by atoms with van der Waals surface area (Å²) in [7, 11) is 0. The molecule has 2 saturated carbocycles. The summed E-state index contributed by atoms with van der Waals surface area (Å²) in [5.41, 5.74) is 0.707. The average molecular weight is 357 g/mol. The Bertz CT molecular complexity index is 359. The Balaban J connectivity index is 1.58. The van der Waals surface area contributed by atoms with E-state index in [9.17, 15) is 0 Å². The molecule has 0 aromatic carbocycles. The molecule has 0 bridgehead atoms. The van der Waals surface area contributed by atoms with Crippen LogP contribution in [-0.4, -0.2) is 16.5 Å². The predicted molar refractivity (Wildman–Crippen MR) is 92.9 cm³/mol. The van der Waals surface area contributed by atoms with E-state index >= 15 is 0 Å². The van der Waals surface area contributed by atoms with Crippen LogP contribution >= 0.6 is 15.9 Å². The summed E-state index contributed by atoms with van der Waals surface area (Å²) in [6, 6.07) is 0. The van der Waals surface area contributed by atoms with Crippen molar-refractivity contribution < 1.29 is 4.74 Å². The van der Waals surface area contributed by atoms with Gasteiger partial charge in [0, 0.05) is 4.83 Å². The van der Waals surface area contributed by atoms with Crippen molar-refractivity contribution in [1.29, 1.82) is 0 Å². The molecule has 122 valence electrons. The molecular formula is C19H33BrO. The zero-order chi connectivity index (χ0) is 15.1. The van der Waals surface area contributed by atoms with Gasteiger partial charge in [-0.3, -0.25) is 0 Å². The van der Waals surface area contributed by atoms with Gasteiger partial charge in [0.15, 0.2) is 0 Å². The maximum Gasteiger partial charge on any atom is 0.0687 e. The van der Waals surface area contributed by atoms with Crippen molar-refractivity contribution in [3.8, 4) is 0 Å². The van der Waals surface area contributed by atoms with Gasteiger partial charge in [0.1, 0.15) is 0 Å². The van der Waals surface area contributed by atoms with E-state index in [1.165, 1.54) is 64.2 Å². The second-order valence-corrected chi connectivity index (χ2v) is 10.1. The standard InChI is InChI=1S/C19H33BrO/c1-14-6-7-16(17(20)12-14)18(2,3)13-15-8-11-19(21-15)9-4-5-10-19/h14-17H,4-13H2,1-3H3. The van der Waals surface area contributed by atoms with Crippen LogP contribution < -0.4 is 0 Å². The average Bonchev–Trinajstić information content (AvgIpc) is 2.99. The SMILES string of the molecule is CC1CCC(C(C)(C)CC2CCC3(CCCC3)O2)C(Br)C1. The fraction of sp³-hybridized carbons (Fsp3) is 1.00. The molecule has 21 heavy (non-hydrogen) atoms. The van der Waals surface area contributed by atoms with Crippen molar-refractivity contribution in [3.63, 3.8) is 0 Å². The lowest BCUT2D eigenvalue weighted by molar-refractivity contribution is -0.0579. The summed E-state index contributed by atoms with van der Waals surface area (Å²) < 4.78 is 6.58. The van der Waals surface area contributed by atoms with Crippen molar-refractivity contribution in [2.75, 3.05) is 0 Å². The summed E-state index contributed by atoms with van der Waals surface area (Å²) in [6.45, 7) is 7.39. The molecule has 1 aliphatic heterocycles. The quantitative estimate of drug-likeness (QED) is 0.555. The number of hydrogen-bond acceptors (Lipinski definition) is 1. The summed E-state index contributed by atoms with van der Waals surface area (Å²) in [5.74, 6) is 1.71. The summed E-state index contributed by atoms with van der Waals surface area (Å²) in [6.07, 6.45) is 14.0. The molecule has 0 amide bonds. The Labute approximate surface area is 139 Å². The fourth-order valence-electron chi connectivity index (χ4n) is 5.36. The second-order valence-electron chi connectivity index (χ2n) is 8.90. The number of ether oxygens (including phenoxy) is 1. The molecule has 1 spiro atoms. The number of hydrogen-bond donors (Lipinski definition) is 0. The van der Waals surface area contributed by atoms with Gasteiger partial charge in [-0.25, -0.2) is 0 Å². The van der Waals surface area contributed by atoms with Crippen LogP contribution in [0.4, 0.5) is 0 Å². The minimum absolute atomic E-state index is 0.301. The first-order valence-electron chi connectivity index (χ1n) is 9.22. The molecule has 0 aromatic rings. The van der Waals surface area contributed by atoms with Gasteiger partial charge >= 0.3 is 0 Å². The molecule has 1 nitrogen and oxygen atoms in total. The molecule has 0 radical (unpaired) electrons. The van der Waals surface area contributed by atoms with Gasteiger partial charge in [-0.05, 0) is 62.2 Å². The first-order valence-corrected chi connectivity index (χ1v) is 10.1. The van der Waals surface area contributed by atoms with Gasteiger partial charge in [-0.15, -0.1) is 0 Å². The lowest BCUT2D eigenvalue weighted by Crippen LogP contribution is -2.38. The van der Waals surface area contributed by atoms with Crippen molar-refractivity contribution in [3.05, 3.63) is 0 Å². The summed E-state index contributed by atoms with van der Waals surface area (Å²) >= 11 is 4.00. The second kappa shape index (κ2) is 6.15. The largest absolute Gasteiger partial charge is 0.372 e. The Morgan fingerprint density at radius 1 is 1.10 bits per heavy atom. The molecule has 1 saturated heterocycles. The molecule has 3 fully saturated rings. The highest BCUT2D eigenvalue weighted by Crippen LogP contribution is 2.50. The molecule has 3 aliphatic rings. The van der Waals surface area contributed by atoms with Crippen LogP contribution in [0.15, 0.2) is 0 Å². The molecule has 3 rings (SSSR count). The van der Waals surface area contributed by atoms with E-state index in [1.807, 2.05) is 0 Å². The zero-order valence-electron chi connectivity index (χ0n) is 14.2. The van der Waals surface area contributed by atoms with E-state index in [0.717, 1.165) is 11.8 Å². The zero-order valence-corrected chi connectivity index (χ0v) is 15.8. The number of alkyl halides is 1. The van der Waals surface area contributed by atoms with Crippen molar-refractivity contribution in [2.45, 2.75) is 102 Å². The normalized spacial score (nSPS) is 40.0. The molecule has 2 aliphatic carbocycles. The van der Waals surface area contributed by atoms with Gasteiger partial charge in [-0.2, -0.15) is 0 Å². The Hall–Kier alpha value is 0.440. The fourth-order valence-corrected chi connectivity index (χ4v) is 6.97. The molecule has 0 N–H and O–H groups in total. The first kappa shape index (κ1) is 16.3. The van der Waals surface area contributed by atoms with Crippen LogP contribution in [0.1, 0.15) is 85.0 Å². The van der Waals surface area contributed by atoms with Crippen molar-refractivity contribution in [2.24, 2.45) is 17.3 Å². The Morgan fingerprint density at radius 2 is 1.81 bits per heavy atom. The molecule has 1 heterocycles. The summed E-state index contributed by atoms with van der Waals surface area (Å²) in [5, 5.41) is 0. The molecule has 2 heteroatoms. The minimum atomic E-state index is 0.301. The molecular weight excluding hydrogens is 324 g/mol. The third-order valence-corrected chi connectivity index (χ3v) is 7.66. The van der Waals surface area contributed by atoms with E-state index in [1.54, 1.807) is 0 Å². The van der Waals surface area contributed by atoms with E-state index in [2.05, 4.69) is 36.7 Å². The Morgan fingerprint density at radius 3 is 2.48 bits per heavy atom. The maximum atomic E-state index is 6.58. The highest BCUT2D eigenvalue weighted by Gasteiger charge is 2.45. The van der Waals surface area contributed by atoms with Gasteiger partial charge in [0.05, 0.1) is 11.7 Å². The predicted octanol–water partition coefficient (Wildman–Crippen LogP) is 6.09. The van der Waals surface area contributed by atoms with Gasteiger partial charge in [0.25, 0.3) is 0 Å². The Kier molecular flexibility index (Phi) is 4.77. The monoisotopic (exact) mass is 356 g/mol. The van der Waals surface area contributed by atoms with Gasteiger partial charge < -0.3 is 4.74 Å². The van der Waals surface area contributed by atoms with Crippen LogP contribution in [0.3, 0.4) is 0 Å². The third-order valence-electron chi connectivity index (χ3n) is 6.65. The van der Waals surface area contributed by atoms with Crippen LogP contribution in [-0.2, 0) is 4.74 Å². The van der Waals surface area contributed by atoms with Crippen molar-refractivity contribution in [1.82, 2.24) is 0 Å². The van der Waals surface area contributed by atoms with Crippen LogP contribution in [0.2, 0.25) is 0 Å². The number of rotatable bonds is 3. The molecule has 4 atom stereocenters. The lowest BCUT2D eigenvalue weighted by atomic mass is 9.66. The first-order chi connectivity index (χ1) is 9.90. The van der Waals surface area contributed by atoms with Crippen LogP contribution in [0, 0.1) is 17.3 Å². The molecule has 0 aromatic heterocycles. The van der Waals surface area contributed by atoms with Gasteiger partial charge in [0.2, 0.25) is 0 Å². The van der Waals surface area contributed by atoms with E-state index < -0.39 is 0 Å². The molecule has 4 unspecified atom stereocenters. The topological polar surface area (TPSA) is 9.23 Å². The highest BCUT2D eigenvalue weighted by molar-refractivity contribution is 9.09. The highest BCUT2D eigenvalue weighted by atomic mass is 79.9. The number of halogens is 1. The maximum absolute atomic E-state index is 6.58. The summed E-state index contributed by atoms with van der Waals surface area (Å²) in [4.78, 5) is 0.707. The van der Waals surface area contributed by atoms with E-state index in [4.69, 9.17) is 4.74 Å².